The highest BCUT2D eigenvalue weighted by Crippen LogP contribution is 2.20. The Morgan fingerprint density at radius 3 is 0.565 bits per heavy atom. The maximum absolute atomic E-state index is 5.50. The van der Waals surface area contributed by atoms with Gasteiger partial charge in [-0.15, -0.1) is 0 Å². The Morgan fingerprint density at radius 1 is 0.261 bits per heavy atom. The minimum absolute atomic E-state index is 0.940. The van der Waals surface area contributed by atoms with E-state index in [4.69, 9.17) is 13.3 Å². The molecule has 0 rings (SSSR count). The highest BCUT2D eigenvalue weighted by Gasteiger charge is 2.36. The average Bonchev–Trinajstić information content (AvgIpc) is 3.08. The lowest BCUT2D eigenvalue weighted by atomic mass is 10.0. The van der Waals surface area contributed by atoms with E-state index in [9.17, 15) is 0 Å². The maximum Gasteiger partial charge on any atom is 0.500 e. The van der Waals surface area contributed by atoms with Gasteiger partial charge in [0.05, 0.1) is 0 Å². The van der Waals surface area contributed by atoms with E-state index in [-0.39, 0.29) is 0 Å². The first-order valence-electron chi connectivity index (χ1n) is 21.0. The summed E-state index contributed by atoms with van der Waals surface area (Å²) in [6.07, 6.45) is 52.0. The molecule has 0 atom stereocenters. The summed E-state index contributed by atoms with van der Waals surface area (Å²) in [6, 6.07) is 0.940. The van der Waals surface area contributed by atoms with Gasteiger partial charge in [-0.25, -0.2) is 0 Å². The summed E-state index contributed by atoms with van der Waals surface area (Å²) >= 11 is 3.53. The van der Waals surface area contributed by atoms with E-state index in [1.807, 2.05) is 0 Å². The lowest BCUT2D eigenvalue weighted by Crippen LogP contribution is -2.42. The Kier molecular flexibility index (Phi) is 40.5. The van der Waals surface area contributed by atoms with Crippen molar-refractivity contribution in [1.82, 2.24) is 0 Å². The summed E-state index contributed by atoms with van der Waals surface area (Å²) in [5.41, 5.74) is 0. The molecule has 3 nitrogen and oxygen atoms in total. The number of unbranched alkanes of at least 4 members (excludes halogenated alkanes) is 35. The summed E-state index contributed by atoms with van der Waals surface area (Å²) in [6.45, 7) is 0. The molecule has 0 unspecified atom stereocenters. The second kappa shape index (κ2) is 40.0. The lowest BCUT2D eigenvalue weighted by molar-refractivity contribution is 0.122. The number of hydrogen-bond acceptors (Lipinski definition) is 3. The van der Waals surface area contributed by atoms with E-state index >= 15 is 0 Å². The second-order valence-electron chi connectivity index (χ2n) is 14.5. The van der Waals surface area contributed by atoms with Gasteiger partial charge in [0.25, 0.3) is 0 Å². The Balaban J connectivity index is 3.11. The molecule has 0 aliphatic carbocycles. The van der Waals surface area contributed by atoms with Gasteiger partial charge in [-0.2, -0.15) is 0 Å². The van der Waals surface area contributed by atoms with Crippen molar-refractivity contribution in [3.8, 4) is 0 Å². The van der Waals surface area contributed by atoms with Gasteiger partial charge in [0.2, 0.25) is 0 Å². The molecule has 0 amide bonds. The standard InChI is InChI=1S/C41H85BrO3Si/c1-43-46(44-2,45-3)41-39-37-35-33-31-29-27-25-23-21-19-17-15-13-11-9-7-5-4-6-8-10-12-14-16-18-20-22-24-26-28-30-32-34-36-38-40-42/h4-41H2,1-3H3. The number of rotatable bonds is 41. The molecule has 0 bridgehead atoms. The molecule has 0 aromatic heterocycles. The zero-order valence-corrected chi connectivity index (χ0v) is 34.6. The van der Waals surface area contributed by atoms with Crippen LogP contribution >= 0.6 is 15.9 Å². The summed E-state index contributed by atoms with van der Waals surface area (Å²) in [5.74, 6) is 0. The van der Waals surface area contributed by atoms with Gasteiger partial charge in [-0.1, -0.05) is 234 Å². The van der Waals surface area contributed by atoms with Crippen LogP contribution in [-0.4, -0.2) is 35.5 Å². The first-order valence-corrected chi connectivity index (χ1v) is 24.0. The van der Waals surface area contributed by atoms with Crippen molar-refractivity contribution in [2.75, 3.05) is 26.7 Å². The molecule has 0 saturated heterocycles. The van der Waals surface area contributed by atoms with E-state index in [0.717, 1.165) is 12.5 Å². The minimum Gasteiger partial charge on any atom is -0.377 e. The fourth-order valence-electron chi connectivity index (χ4n) is 7.00. The molecule has 46 heavy (non-hydrogen) atoms. The molecule has 0 fully saturated rings. The molecule has 0 radical (unpaired) electrons. The summed E-state index contributed by atoms with van der Waals surface area (Å²) in [7, 11) is 2.79. The van der Waals surface area contributed by atoms with Crippen LogP contribution in [0.2, 0.25) is 6.04 Å². The van der Waals surface area contributed by atoms with Gasteiger partial charge in [0, 0.05) is 32.7 Å². The molecule has 0 N–H and O–H groups in total. The fraction of sp³-hybridized carbons (Fsp3) is 1.00. The Labute approximate surface area is 300 Å². The number of hydrogen-bond donors (Lipinski definition) is 0. The maximum atomic E-state index is 5.50. The highest BCUT2D eigenvalue weighted by molar-refractivity contribution is 9.09. The summed E-state index contributed by atoms with van der Waals surface area (Å²) in [4.78, 5) is 0. The van der Waals surface area contributed by atoms with Gasteiger partial charge in [-0.3, -0.25) is 0 Å². The van der Waals surface area contributed by atoms with Gasteiger partial charge in [0.1, 0.15) is 0 Å². The largest absolute Gasteiger partial charge is 0.500 e. The van der Waals surface area contributed by atoms with Gasteiger partial charge in [-0.05, 0) is 12.8 Å². The van der Waals surface area contributed by atoms with Crippen molar-refractivity contribution < 1.29 is 13.3 Å². The third-order valence-electron chi connectivity index (χ3n) is 10.3. The lowest BCUT2D eigenvalue weighted by Gasteiger charge is -2.24. The smallest absolute Gasteiger partial charge is 0.377 e. The van der Waals surface area contributed by atoms with E-state index in [1.54, 1.807) is 21.3 Å². The van der Waals surface area contributed by atoms with Crippen molar-refractivity contribution in [2.45, 2.75) is 237 Å². The van der Waals surface area contributed by atoms with Gasteiger partial charge >= 0.3 is 8.80 Å². The first kappa shape index (κ1) is 46.6. The molecule has 0 aliphatic heterocycles. The topological polar surface area (TPSA) is 27.7 Å². The molecule has 278 valence electrons. The van der Waals surface area contributed by atoms with E-state index < -0.39 is 8.80 Å². The molecule has 0 aliphatic rings. The molecule has 5 heteroatoms. The van der Waals surface area contributed by atoms with Crippen LogP contribution in [0.25, 0.3) is 0 Å². The van der Waals surface area contributed by atoms with Crippen LogP contribution in [0.15, 0.2) is 0 Å². The monoisotopic (exact) mass is 733 g/mol. The predicted octanol–water partition coefficient (Wildman–Crippen LogP) is 15.3. The summed E-state index contributed by atoms with van der Waals surface area (Å²) in [5, 5.41) is 1.18. The van der Waals surface area contributed by atoms with E-state index in [2.05, 4.69) is 15.9 Å². The van der Waals surface area contributed by atoms with Crippen molar-refractivity contribution in [2.24, 2.45) is 0 Å². The van der Waals surface area contributed by atoms with Crippen molar-refractivity contribution in [1.29, 1.82) is 0 Å². The highest BCUT2D eigenvalue weighted by atomic mass is 79.9. The zero-order valence-electron chi connectivity index (χ0n) is 32.0. The molecule has 0 saturated carbocycles. The summed E-state index contributed by atoms with van der Waals surface area (Å²) < 4.78 is 16.5. The fourth-order valence-corrected chi connectivity index (χ4v) is 9.19. The molecular weight excluding hydrogens is 648 g/mol. The third kappa shape index (κ3) is 34.4. The Hall–Kier alpha value is 0.577. The first-order chi connectivity index (χ1) is 22.7. The Bertz CT molecular complexity index is 538. The van der Waals surface area contributed by atoms with Crippen LogP contribution in [0.1, 0.15) is 231 Å². The molecule has 0 aromatic rings. The molecular formula is C41H85BrO3Si. The van der Waals surface area contributed by atoms with Gasteiger partial charge in [0.15, 0.2) is 0 Å². The second-order valence-corrected chi connectivity index (χ2v) is 18.3. The van der Waals surface area contributed by atoms with Crippen LogP contribution in [0.3, 0.4) is 0 Å². The van der Waals surface area contributed by atoms with Crippen LogP contribution in [0.4, 0.5) is 0 Å². The van der Waals surface area contributed by atoms with Crippen LogP contribution in [0, 0.1) is 0 Å². The van der Waals surface area contributed by atoms with Gasteiger partial charge < -0.3 is 13.3 Å². The van der Waals surface area contributed by atoms with Crippen molar-refractivity contribution in [3.63, 3.8) is 0 Å². The third-order valence-corrected chi connectivity index (χ3v) is 13.7. The average molecular weight is 734 g/mol. The van der Waals surface area contributed by atoms with Crippen molar-refractivity contribution >= 4 is 24.7 Å². The quantitative estimate of drug-likeness (QED) is 0.0356. The Morgan fingerprint density at radius 2 is 0.413 bits per heavy atom. The molecule has 0 heterocycles. The normalized spacial score (nSPS) is 12.0. The molecule has 0 aromatic carbocycles. The van der Waals surface area contributed by atoms with Crippen LogP contribution < -0.4 is 0 Å². The predicted molar refractivity (Wildman–Crippen MR) is 212 cm³/mol. The van der Waals surface area contributed by atoms with E-state index in [0.29, 0.717) is 0 Å². The SMILES string of the molecule is CO[Si](CCCCCCCCCCCCCCCCCCCCCCCCCCCCCCCCCCCCCCBr)(OC)OC. The van der Waals surface area contributed by atoms with Crippen molar-refractivity contribution in [3.05, 3.63) is 0 Å². The number of alkyl halides is 1. The zero-order chi connectivity index (χ0) is 33.5. The number of halogens is 1. The van der Waals surface area contributed by atoms with Crippen LogP contribution in [-0.2, 0) is 13.3 Å². The van der Waals surface area contributed by atoms with Crippen LogP contribution in [0.5, 0.6) is 0 Å². The minimum atomic E-state index is -2.35. The molecule has 0 spiro atoms. The van der Waals surface area contributed by atoms with E-state index in [1.165, 1.54) is 230 Å².